The summed E-state index contributed by atoms with van der Waals surface area (Å²) in [4.78, 5) is 12.7. The Hall–Kier alpha value is -2.84. The average molecular weight is 543 g/mol. The SMILES string of the molecule is CCc1cc(Br)cc(C)c1NC(=O)COc1ccc(S(=O)(=O)N2CCCc3ccccc32)cc1. The lowest BCUT2D eigenvalue weighted by atomic mass is 10.0. The van der Waals surface area contributed by atoms with E-state index >= 15 is 0 Å². The molecule has 0 saturated heterocycles. The monoisotopic (exact) mass is 542 g/mol. The third-order valence-electron chi connectivity index (χ3n) is 5.88. The summed E-state index contributed by atoms with van der Waals surface area (Å²) >= 11 is 3.49. The summed E-state index contributed by atoms with van der Waals surface area (Å²) in [6.07, 6.45) is 2.44. The van der Waals surface area contributed by atoms with Crippen LogP contribution in [-0.2, 0) is 27.7 Å². The Bertz CT molecular complexity index is 1310. The van der Waals surface area contributed by atoms with Gasteiger partial charge in [0.2, 0.25) is 0 Å². The molecule has 0 fully saturated rings. The number of fused-ring (bicyclic) bond motifs is 1. The van der Waals surface area contributed by atoms with Crippen LogP contribution in [0, 0.1) is 6.92 Å². The molecule has 8 heteroatoms. The second-order valence-electron chi connectivity index (χ2n) is 8.23. The van der Waals surface area contributed by atoms with E-state index in [-0.39, 0.29) is 17.4 Å². The van der Waals surface area contributed by atoms with Gasteiger partial charge in [0, 0.05) is 16.7 Å². The van der Waals surface area contributed by atoms with Crippen molar-refractivity contribution in [3.63, 3.8) is 0 Å². The van der Waals surface area contributed by atoms with E-state index < -0.39 is 10.0 Å². The van der Waals surface area contributed by atoms with E-state index in [4.69, 9.17) is 4.74 Å². The zero-order valence-corrected chi connectivity index (χ0v) is 21.6. The number of aryl methyl sites for hydroxylation is 3. The molecule has 4 rings (SSSR count). The van der Waals surface area contributed by atoms with Crippen LogP contribution >= 0.6 is 15.9 Å². The third-order valence-corrected chi connectivity index (χ3v) is 8.16. The molecule has 0 bridgehead atoms. The van der Waals surface area contributed by atoms with Crippen molar-refractivity contribution in [1.82, 2.24) is 0 Å². The van der Waals surface area contributed by atoms with Gasteiger partial charge in [0.25, 0.3) is 15.9 Å². The summed E-state index contributed by atoms with van der Waals surface area (Å²) < 4.78 is 34.6. The van der Waals surface area contributed by atoms with Gasteiger partial charge in [0.15, 0.2) is 6.61 Å². The fourth-order valence-electron chi connectivity index (χ4n) is 4.18. The van der Waals surface area contributed by atoms with Crippen LogP contribution in [0.2, 0.25) is 0 Å². The number of hydrogen-bond donors (Lipinski definition) is 1. The van der Waals surface area contributed by atoms with Crippen LogP contribution in [0.25, 0.3) is 0 Å². The number of sulfonamides is 1. The van der Waals surface area contributed by atoms with Crippen LogP contribution in [0.5, 0.6) is 5.75 Å². The molecule has 3 aromatic rings. The Kier molecular flexibility index (Phi) is 7.28. The molecule has 0 atom stereocenters. The Morgan fingerprint density at radius 1 is 1.12 bits per heavy atom. The minimum atomic E-state index is -3.69. The molecule has 1 N–H and O–H groups in total. The topological polar surface area (TPSA) is 75.7 Å². The molecule has 0 saturated carbocycles. The number of ether oxygens (including phenoxy) is 1. The number of anilines is 2. The van der Waals surface area contributed by atoms with Gasteiger partial charge in [-0.1, -0.05) is 41.1 Å². The van der Waals surface area contributed by atoms with Crippen LogP contribution in [0.4, 0.5) is 11.4 Å². The van der Waals surface area contributed by atoms with Crippen LogP contribution in [0.1, 0.15) is 30.0 Å². The van der Waals surface area contributed by atoms with Crippen molar-refractivity contribution in [2.24, 2.45) is 0 Å². The van der Waals surface area contributed by atoms with Gasteiger partial charge in [-0.25, -0.2) is 8.42 Å². The van der Waals surface area contributed by atoms with Gasteiger partial charge >= 0.3 is 0 Å². The zero-order valence-electron chi connectivity index (χ0n) is 19.2. The summed E-state index contributed by atoms with van der Waals surface area (Å²) in [6, 6.07) is 17.8. The molecule has 0 spiro atoms. The summed E-state index contributed by atoms with van der Waals surface area (Å²) in [6.45, 7) is 4.25. The van der Waals surface area contributed by atoms with E-state index in [1.54, 1.807) is 12.1 Å². The quantitative estimate of drug-likeness (QED) is 0.429. The maximum Gasteiger partial charge on any atom is 0.264 e. The Morgan fingerprint density at radius 3 is 2.59 bits per heavy atom. The van der Waals surface area contributed by atoms with Crippen LogP contribution < -0.4 is 14.4 Å². The number of para-hydroxylation sites is 1. The van der Waals surface area contributed by atoms with E-state index in [1.165, 1.54) is 16.4 Å². The number of nitrogens with one attached hydrogen (secondary N) is 1. The maximum atomic E-state index is 13.3. The second kappa shape index (κ2) is 10.2. The van der Waals surface area contributed by atoms with E-state index in [1.807, 2.05) is 50.2 Å². The highest BCUT2D eigenvalue weighted by Gasteiger charge is 2.28. The summed E-state index contributed by atoms with van der Waals surface area (Å²) in [5.74, 6) is 0.151. The predicted molar refractivity (Wildman–Crippen MR) is 138 cm³/mol. The number of benzene rings is 3. The lowest BCUT2D eigenvalue weighted by Gasteiger charge is -2.30. The van der Waals surface area contributed by atoms with Gasteiger partial charge in [-0.05, 0) is 85.3 Å². The van der Waals surface area contributed by atoms with Gasteiger partial charge < -0.3 is 10.1 Å². The summed E-state index contributed by atoms with van der Waals surface area (Å²) in [7, 11) is -3.69. The molecule has 0 aliphatic carbocycles. The molecule has 1 aliphatic heterocycles. The fourth-order valence-corrected chi connectivity index (χ4v) is 6.34. The lowest BCUT2D eigenvalue weighted by Crippen LogP contribution is -2.35. The van der Waals surface area contributed by atoms with Crippen molar-refractivity contribution >= 4 is 43.2 Å². The molecule has 3 aromatic carbocycles. The van der Waals surface area contributed by atoms with Crippen molar-refractivity contribution in [2.45, 2.75) is 38.0 Å². The van der Waals surface area contributed by atoms with E-state index in [9.17, 15) is 13.2 Å². The first-order chi connectivity index (χ1) is 16.3. The number of halogens is 1. The standard InChI is InChI=1S/C26H27BrN2O4S/c1-3-19-16-21(27)15-18(2)26(19)28-25(30)17-33-22-10-12-23(13-11-22)34(31,32)29-14-6-8-20-7-4-5-9-24(20)29/h4-5,7,9-13,15-16H,3,6,8,14,17H2,1-2H3,(H,28,30). The lowest BCUT2D eigenvalue weighted by molar-refractivity contribution is -0.118. The van der Waals surface area contributed by atoms with E-state index in [2.05, 4.69) is 21.2 Å². The molecule has 0 unspecified atom stereocenters. The largest absolute Gasteiger partial charge is 0.484 e. The van der Waals surface area contributed by atoms with Crippen molar-refractivity contribution in [3.8, 4) is 5.75 Å². The number of amides is 1. The molecule has 34 heavy (non-hydrogen) atoms. The number of carbonyl (C=O) groups is 1. The van der Waals surface area contributed by atoms with Crippen LogP contribution in [-0.4, -0.2) is 27.5 Å². The van der Waals surface area contributed by atoms with Crippen molar-refractivity contribution < 1.29 is 17.9 Å². The fraction of sp³-hybridized carbons (Fsp3) is 0.269. The highest BCUT2D eigenvalue weighted by molar-refractivity contribution is 9.10. The number of rotatable bonds is 7. The molecule has 1 heterocycles. The second-order valence-corrected chi connectivity index (χ2v) is 11.0. The molecule has 178 valence electrons. The van der Waals surface area contributed by atoms with E-state index in [0.29, 0.717) is 12.3 Å². The van der Waals surface area contributed by atoms with E-state index in [0.717, 1.165) is 51.8 Å². The highest BCUT2D eigenvalue weighted by Crippen LogP contribution is 2.32. The van der Waals surface area contributed by atoms with Crippen molar-refractivity contribution in [2.75, 3.05) is 22.8 Å². The first kappa shape index (κ1) is 24.3. The Balaban J connectivity index is 1.43. The number of carbonyl (C=O) groups excluding carboxylic acids is 1. The summed E-state index contributed by atoms with van der Waals surface area (Å²) in [5, 5.41) is 2.93. The first-order valence-corrected chi connectivity index (χ1v) is 13.5. The van der Waals surface area contributed by atoms with Gasteiger partial charge in [-0.3, -0.25) is 9.10 Å². The molecule has 1 amide bonds. The molecular weight excluding hydrogens is 516 g/mol. The number of hydrogen-bond acceptors (Lipinski definition) is 4. The molecule has 1 aliphatic rings. The minimum Gasteiger partial charge on any atom is -0.484 e. The highest BCUT2D eigenvalue weighted by atomic mass is 79.9. The Morgan fingerprint density at radius 2 is 1.85 bits per heavy atom. The molecule has 6 nitrogen and oxygen atoms in total. The normalized spacial score (nSPS) is 13.3. The van der Waals surface area contributed by atoms with Gasteiger partial charge in [0.1, 0.15) is 5.75 Å². The summed E-state index contributed by atoms with van der Waals surface area (Å²) in [5.41, 5.74) is 4.57. The predicted octanol–water partition coefficient (Wildman–Crippen LogP) is 5.48. The Labute approximate surface area is 209 Å². The van der Waals surface area contributed by atoms with Gasteiger partial charge in [0.05, 0.1) is 10.6 Å². The van der Waals surface area contributed by atoms with Crippen molar-refractivity contribution in [3.05, 3.63) is 81.8 Å². The first-order valence-electron chi connectivity index (χ1n) is 11.2. The maximum absolute atomic E-state index is 13.3. The third kappa shape index (κ3) is 5.13. The van der Waals surface area contributed by atoms with Gasteiger partial charge in [-0.15, -0.1) is 0 Å². The zero-order chi connectivity index (χ0) is 24.3. The van der Waals surface area contributed by atoms with Crippen molar-refractivity contribution in [1.29, 1.82) is 0 Å². The van der Waals surface area contributed by atoms with Gasteiger partial charge in [-0.2, -0.15) is 0 Å². The van der Waals surface area contributed by atoms with Crippen LogP contribution in [0.3, 0.4) is 0 Å². The van der Waals surface area contributed by atoms with Crippen LogP contribution in [0.15, 0.2) is 70.0 Å². The molecule has 0 aromatic heterocycles. The molecular formula is C26H27BrN2O4S. The average Bonchev–Trinajstić information content (AvgIpc) is 2.84. The number of nitrogens with zero attached hydrogens (tertiary/aromatic N) is 1. The minimum absolute atomic E-state index is 0.176. The smallest absolute Gasteiger partial charge is 0.264 e. The molecule has 0 radical (unpaired) electrons.